The lowest BCUT2D eigenvalue weighted by atomic mass is 9.95. The van der Waals surface area contributed by atoms with Gasteiger partial charge < -0.3 is 24.4 Å². The molecule has 0 bridgehead atoms. The van der Waals surface area contributed by atoms with E-state index in [1.807, 2.05) is 37.3 Å². The quantitative estimate of drug-likeness (QED) is 0.486. The number of hydrogen-bond donors (Lipinski definition) is 1. The van der Waals surface area contributed by atoms with E-state index in [-0.39, 0.29) is 24.5 Å². The van der Waals surface area contributed by atoms with Crippen LogP contribution in [0.25, 0.3) is 0 Å². The average Bonchev–Trinajstić information content (AvgIpc) is 2.90. The summed E-state index contributed by atoms with van der Waals surface area (Å²) in [7, 11) is 3.12. The molecule has 0 unspecified atom stereocenters. The summed E-state index contributed by atoms with van der Waals surface area (Å²) in [6, 6.07) is 14.8. The average molecular weight is 483 g/mol. The number of carbonyl (C=O) groups excluding carboxylic acids is 2. The van der Waals surface area contributed by atoms with Crippen molar-refractivity contribution in [2.75, 3.05) is 27.4 Å². The summed E-state index contributed by atoms with van der Waals surface area (Å²) in [6.45, 7) is 2.20. The molecule has 2 aromatic carbocycles. The van der Waals surface area contributed by atoms with Crippen LogP contribution in [0.2, 0.25) is 0 Å². The van der Waals surface area contributed by atoms with E-state index in [1.165, 1.54) is 6.42 Å². The van der Waals surface area contributed by atoms with Gasteiger partial charge in [0.05, 0.1) is 14.2 Å². The Bertz CT molecular complexity index is 921. The molecule has 2 aromatic rings. The molecular formula is C28H38N2O5. The predicted octanol–water partition coefficient (Wildman–Crippen LogP) is 4.38. The van der Waals surface area contributed by atoms with Crippen molar-refractivity contribution in [1.29, 1.82) is 0 Å². The Labute approximate surface area is 208 Å². The molecule has 0 spiro atoms. The Morgan fingerprint density at radius 3 is 2.20 bits per heavy atom. The van der Waals surface area contributed by atoms with Crippen LogP contribution in [-0.2, 0) is 16.0 Å². The van der Waals surface area contributed by atoms with Crippen molar-refractivity contribution in [1.82, 2.24) is 10.2 Å². The molecule has 1 N–H and O–H groups in total. The van der Waals surface area contributed by atoms with Gasteiger partial charge in [-0.15, -0.1) is 0 Å². The fourth-order valence-electron chi connectivity index (χ4n) is 4.53. The molecule has 1 saturated carbocycles. The van der Waals surface area contributed by atoms with Crippen molar-refractivity contribution in [2.45, 2.75) is 64.0 Å². The van der Waals surface area contributed by atoms with Crippen LogP contribution in [0.5, 0.6) is 17.2 Å². The van der Waals surface area contributed by atoms with E-state index in [1.54, 1.807) is 37.3 Å². The van der Waals surface area contributed by atoms with Gasteiger partial charge in [-0.2, -0.15) is 0 Å². The maximum atomic E-state index is 13.4. The first-order valence-electron chi connectivity index (χ1n) is 12.5. The Morgan fingerprint density at radius 1 is 0.971 bits per heavy atom. The van der Waals surface area contributed by atoms with Crippen molar-refractivity contribution in [2.24, 2.45) is 0 Å². The van der Waals surface area contributed by atoms with E-state index in [2.05, 4.69) is 5.32 Å². The molecule has 1 fully saturated rings. The largest absolute Gasteiger partial charge is 0.496 e. The molecule has 7 nitrogen and oxygen atoms in total. The van der Waals surface area contributed by atoms with Gasteiger partial charge in [0.25, 0.3) is 5.91 Å². The van der Waals surface area contributed by atoms with Gasteiger partial charge in [0.2, 0.25) is 5.91 Å². The van der Waals surface area contributed by atoms with Gasteiger partial charge in [-0.3, -0.25) is 9.59 Å². The molecule has 0 saturated heterocycles. The maximum absolute atomic E-state index is 13.4. The van der Waals surface area contributed by atoms with Gasteiger partial charge in [-0.1, -0.05) is 56.5 Å². The second-order valence-electron chi connectivity index (χ2n) is 8.93. The zero-order chi connectivity index (χ0) is 25.0. The minimum absolute atomic E-state index is 0.0798. The Morgan fingerprint density at radius 2 is 1.60 bits per heavy atom. The number of methoxy groups -OCH3 is 2. The van der Waals surface area contributed by atoms with Crippen LogP contribution in [0.4, 0.5) is 0 Å². The van der Waals surface area contributed by atoms with E-state index >= 15 is 0 Å². The van der Waals surface area contributed by atoms with Crippen LogP contribution in [-0.4, -0.2) is 56.2 Å². The predicted molar refractivity (Wildman–Crippen MR) is 136 cm³/mol. The van der Waals surface area contributed by atoms with Crippen LogP contribution in [0, 0.1) is 0 Å². The van der Waals surface area contributed by atoms with E-state index in [0.29, 0.717) is 36.6 Å². The van der Waals surface area contributed by atoms with Gasteiger partial charge in [0, 0.05) is 30.8 Å². The molecule has 0 heterocycles. The van der Waals surface area contributed by atoms with E-state index < -0.39 is 6.04 Å². The highest BCUT2D eigenvalue weighted by Gasteiger charge is 2.30. The van der Waals surface area contributed by atoms with Crippen LogP contribution >= 0.6 is 0 Å². The summed E-state index contributed by atoms with van der Waals surface area (Å²) in [4.78, 5) is 28.3. The topological polar surface area (TPSA) is 77.1 Å². The minimum Gasteiger partial charge on any atom is -0.496 e. The molecule has 190 valence electrons. The van der Waals surface area contributed by atoms with Gasteiger partial charge in [0.15, 0.2) is 6.61 Å². The fraction of sp³-hybridized carbons (Fsp3) is 0.500. The molecule has 0 aromatic heterocycles. The SMILES string of the molecule is CC[C@H](C(=O)NC1CCCCC1)N(CCc1ccccc1)C(=O)COc1cc(OC)cc(OC)c1. The smallest absolute Gasteiger partial charge is 0.261 e. The number of ether oxygens (including phenoxy) is 3. The van der Waals surface area contributed by atoms with Crippen LogP contribution in [0.3, 0.4) is 0 Å². The van der Waals surface area contributed by atoms with E-state index in [9.17, 15) is 9.59 Å². The zero-order valence-electron chi connectivity index (χ0n) is 21.1. The van der Waals surface area contributed by atoms with Gasteiger partial charge >= 0.3 is 0 Å². The lowest BCUT2D eigenvalue weighted by Crippen LogP contribution is -2.53. The van der Waals surface area contributed by atoms with E-state index in [0.717, 1.165) is 31.2 Å². The monoisotopic (exact) mass is 482 g/mol. The summed E-state index contributed by atoms with van der Waals surface area (Å²) in [5.74, 6) is 1.31. The lowest BCUT2D eigenvalue weighted by molar-refractivity contribution is -0.142. The van der Waals surface area contributed by atoms with Gasteiger partial charge in [-0.25, -0.2) is 0 Å². The first kappa shape index (κ1) is 26.4. The lowest BCUT2D eigenvalue weighted by Gasteiger charge is -2.32. The number of hydrogen-bond acceptors (Lipinski definition) is 5. The number of nitrogens with zero attached hydrogens (tertiary/aromatic N) is 1. The summed E-state index contributed by atoms with van der Waals surface area (Å²) < 4.78 is 16.4. The Hall–Kier alpha value is -3.22. The minimum atomic E-state index is -0.545. The fourth-order valence-corrected chi connectivity index (χ4v) is 4.53. The maximum Gasteiger partial charge on any atom is 0.261 e. The molecule has 1 atom stereocenters. The van der Waals surface area contributed by atoms with Crippen molar-refractivity contribution in [3.05, 3.63) is 54.1 Å². The van der Waals surface area contributed by atoms with Crippen molar-refractivity contribution < 1.29 is 23.8 Å². The molecule has 7 heteroatoms. The number of benzene rings is 2. The first-order valence-corrected chi connectivity index (χ1v) is 12.5. The molecule has 0 radical (unpaired) electrons. The molecule has 35 heavy (non-hydrogen) atoms. The third-order valence-corrected chi connectivity index (χ3v) is 6.51. The molecule has 1 aliphatic carbocycles. The van der Waals surface area contributed by atoms with Crippen LogP contribution in [0.1, 0.15) is 51.0 Å². The standard InChI is InChI=1S/C28H38N2O5/c1-4-26(28(32)29-22-13-9-6-10-14-22)30(16-15-21-11-7-5-8-12-21)27(31)20-35-25-18-23(33-2)17-24(19-25)34-3/h5,7-8,11-12,17-19,22,26H,4,6,9-10,13-16,20H2,1-3H3,(H,29,32)/t26-/m1/s1. The normalized spacial score (nSPS) is 14.6. The molecular weight excluding hydrogens is 444 g/mol. The Balaban J connectivity index is 1.72. The molecule has 1 aliphatic rings. The Kier molecular flexibility index (Phi) is 10.3. The van der Waals surface area contributed by atoms with Crippen molar-refractivity contribution in [3.63, 3.8) is 0 Å². The third kappa shape index (κ3) is 7.91. The van der Waals surface area contributed by atoms with Crippen molar-refractivity contribution >= 4 is 11.8 Å². The number of carbonyl (C=O) groups is 2. The summed E-state index contributed by atoms with van der Waals surface area (Å²) in [6.07, 6.45) is 6.69. The second-order valence-corrected chi connectivity index (χ2v) is 8.93. The summed E-state index contributed by atoms with van der Waals surface area (Å²) in [5, 5.41) is 3.20. The van der Waals surface area contributed by atoms with Gasteiger partial charge in [-0.05, 0) is 31.2 Å². The zero-order valence-corrected chi connectivity index (χ0v) is 21.1. The van der Waals surface area contributed by atoms with Crippen LogP contribution < -0.4 is 19.5 Å². The molecule has 0 aliphatic heterocycles. The number of amides is 2. The highest BCUT2D eigenvalue weighted by Crippen LogP contribution is 2.27. The first-order chi connectivity index (χ1) is 17.0. The van der Waals surface area contributed by atoms with Crippen molar-refractivity contribution in [3.8, 4) is 17.2 Å². The van der Waals surface area contributed by atoms with E-state index in [4.69, 9.17) is 14.2 Å². The molecule has 3 rings (SSSR count). The highest BCUT2D eigenvalue weighted by molar-refractivity contribution is 5.88. The van der Waals surface area contributed by atoms with Crippen LogP contribution in [0.15, 0.2) is 48.5 Å². The number of nitrogens with one attached hydrogen (secondary N) is 1. The third-order valence-electron chi connectivity index (χ3n) is 6.51. The summed E-state index contributed by atoms with van der Waals surface area (Å²) in [5.41, 5.74) is 1.12. The summed E-state index contributed by atoms with van der Waals surface area (Å²) >= 11 is 0. The number of rotatable bonds is 12. The second kappa shape index (κ2) is 13.6. The molecule has 2 amide bonds. The highest BCUT2D eigenvalue weighted by atomic mass is 16.5. The van der Waals surface area contributed by atoms with Gasteiger partial charge in [0.1, 0.15) is 23.3 Å².